The van der Waals surface area contributed by atoms with Crippen molar-refractivity contribution < 1.29 is 0 Å². The van der Waals surface area contributed by atoms with Gasteiger partial charge in [0, 0.05) is 44.0 Å². The highest BCUT2D eigenvalue weighted by Crippen LogP contribution is 2.51. The smallest absolute Gasteiger partial charge is 0.160 e. The molecule has 0 N–H and O–H groups in total. The molecule has 2 aliphatic carbocycles. The van der Waals surface area contributed by atoms with Crippen molar-refractivity contribution in [1.82, 2.24) is 14.5 Å². The maximum atomic E-state index is 5.49. The summed E-state index contributed by atoms with van der Waals surface area (Å²) < 4.78 is 2.41. The molecule has 3 nitrogen and oxygen atoms in total. The van der Waals surface area contributed by atoms with Crippen LogP contribution in [0, 0.1) is 0 Å². The lowest BCUT2D eigenvalue weighted by atomic mass is 9.81. The monoisotopic (exact) mass is 781 g/mol. The third kappa shape index (κ3) is 5.36. The van der Waals surface area contributed by atoms with E-state index < -0.39 is 0 Å². The van der Waals surface area contributed by atoms with E-state index in [1.807, 2.05) is 0 Å². The largest absolute Gasteiger partial charge is 0.309 e. The predicted octanol–water partition coefficient (Wildman–Crippen LogP) is 14.9. The molecule has 2 aromatic heterocycles. The highest BCUT2D eigenvalue weighted by atomic mass is 15.0. The van der Waals surface area contributed by atoms with Crippen molar-refractivity contribution >= 4 is 21.8 Å². The van der Waals surface area contributed by atoms with Crippen LogP contribution in [0.3, 0.4) is 0 Å². The van der Waals surface area contributed by atoms with Crippen LogP contribution in [0.4, 0.5) is 0 Å². The molecular weight excluding hydrogens is 739 g/mol. The van der Waals surface area contributed by atoms with Gasteiger partial charge in [0.05, 0.1) is 22.4 Å². The second-order valence-electron chi connectivity index (χ2n) is 17.8. The summed E-state index contributed by atoms with van der Waals surface area (Å²) in [6.45, 7) is 9.38. The quantitative estimate of drug-likeness (QED) is 0.174. The van der Waals surface area contributed by atoms with Crippen molar-refractivity contribution in [1.29, 1.82) is 0 Å². The molecule has 0 aliphatic heterocycles. The van der Waals surface area contributed by atoms with Crippen LogP contribution < -0.4 is 0 Å². The Morgan fingerprint density at radius 2 is 0.820 bits per heavy atom. The second kappa shape index (κ2) is 13.1. The van der Waals surface area contributed by atoms with Gasteiger partial charge in [-0.3, -0.25) is 0 Å². The molecule has 0 fully saturated rings. The van der Waals surface area contributed by atoms with Crippen LogP contribution in [0.15, 0.2) is 188 Å². The van der Waals surface area contributed by atoms with Crippen molar-refractivity contribution in [3.05, 3.63) is 210 Å². The number of para-hydroxylation sites is 2. The maximum Gasteiger partial charge on any atom is 0.160 e. The Hall–Kier alpha value is -7.36. The zero-order valence-electron chi connectivity index (χ0n) is 34.7. The molecule has 61 heavy (non-hydrogen) atoms. The summed E-state index contributed by atoms with van der Waals surface area (Å²) in [5, 5.41) is 2.46. The first-order valence-electron chi connectivity index (χ1n) is 21.3. The fourth-order valence-corrected chi connectivity index (χ4v) is 10.5. The van der Waals surface area contributed by atoms with Gasteiger partial charge in [-0.15, -0.1) is 0 Å². The van der Waals surface area contributed by atoms with Crippen molar-refractivity contribution in [2.24, 2.45) is 0 Å². The summed E-state index contributed by atoms with van der Waals surface area (Å²) in [5.41, 5.74) is 21.0. The fraction of sp³-hybridized carbons (Fsp3) is 0.103. The van der Waals surface area contributed by atoms with E-state index in [1.54, 1.807) is 0 Å². The van der Waals surface area contributed by atoms with E-state index in [0.717, 1.165) is 39.3 Å². The van der Waals surface area contributed by atoms with E-state index in [-0.39, 0.29) is 10.8 Å². The van der Waals surface area contributed by atoms with Gasteiger partial charge in [0.2, 0.25) is 0 Å². The summed E-state index contributed by atoms with van der Waals surface area (Å²) in [7, 11) is 0. The van der Waals surface area contributed by atoms with Crippen LogP contribution in [0.2, 0.25) is 0 Å². The van der Waals surface area contributed by atoms with Gasteiger partial charge in [-0.2, -0.15) is 0 Å². The zero-order chi connectivity index (χ0) is 41.0. The van der Waals surface area contributed by atoms with Gasteiger partial charge in [0.15, 0.2) is 5.82 Å². The van der Waals surface area contributed by atoms with E-state index in [4.69, 9.17) is 9.97 Å². The molecule has 0 spiro atoms. The summed E-state index contributed by atoms with van der Waals surface area (Å²) in [5.74, 6) is 0.692. The van der Waals surface area contributed by atoms with Gasteiger partial charge in [-0.25, -0.2) is 9.97 Å². The Morgan fingerprint density at radius 1 is 0.344 bits per heavy atom. The Labute approximate surface area is 356 Å². The average molecular weight is 782 g/mol. The highest BCUT2D eigenvalue weighted by Gasteiger charge is 2.36. The molecule has 0 bridgehead atoms. The summed E-state index contributed by atoms with van der Waals surface area (Å²) in [4.78, 5) is 10.9. The first kappa shape index (κ1) is 35.6. The second-order valence-corrected chi connectivity index (χ2v) is 17.8. The molecule has 290 valence electrons. The molecule has 0 amide bonds. The van der Waals surface area contributed by atoms with Crippen molar-refractivity contribution in [3.8, 4) is 73.0 Å². The van der Waals surface area contributed by atoms with Gasteiger partial charge in [-0.1, -0.05) is 167 Å². The van der Waals surface area contributed by atoms with Gasteiger partial charge in [-0.05, 0) is 104 Å². The van der Waals surface area contributed by atoms with Crippen LogP contribution in [0.25, 0.3) is 94.8 Å². The minimum absolute atomic E-state index is 0.122. The Kier molecular flexibility index (Phi) is 7.62. The molecule has 0 unspecified atom stereocenters. The number of nitrogens with zero attached hydrogens (tertiary/aromatic N) is 3. The summed E-state index contributed by atoms with van der Waals surface area (Å²) >= 11 is 0. The van der Waals surface area contributed by atoms with Crippen LogP contribution in [-0.4, -0.2) is 14.5 Å². The number of rotatable bonds is 5. The van der Waals surface area contributed by atoms with Crippen molar-refractivity contribution in [2.45, 2.75) is 38.5 Å². The Bertz CT molecular complexity index is 3370. The SMILES string of the molecule is CC1(C)c2ccccc2-c2ccc(-c3cc(-c4nc(-c5ccccc5)cc(-c5ccc6c(c5)C(C)(C)c5ccccc5-6)n4)cc(-n4c5ccccc5c5ccccc54)c3)cc21. The molecule has 10 aromatic rings. The van der Waals surface area contributed by atoms with Crippen LogP contribution in [-0.2, 0) is 10.8 Å². The lowest BCUT2D eigenvalue weighted by molar-refractivity contribution is 0.660. The number of hydrogen-bond donors (Lipinski definition) is 0. The minimum atomic E-state index is -0.128. The lowest BCUT2D eigenvalue weighted by Crippen LogP contribution is -2.15. The third-order valence-electron chi connectivity index (χ3n) is 13.6. The molecule has 0 radical (unpaired) electrons. The molecule has 3 heteroatoms. The van der Waals surface area contributed by atoms with Crippen molar-refractivity contribution in [2.75, 3.05) is 0 Å². The zero-order valence-corrected chi connectivity index (χ0v) is 34.7. The molecule has 2 aliphatic rings. The van der Waals surface area contributed by atoms with E-state index in [9.17, 15) is 0 Å². The number of hydrogen-bond acceptors (Lipinski definition) is 2. The maximum absolute atomic E-state index is 5.49. The fourth-order valence-electron chi connectivity index (χ4n) is 10.5. The number of fused-ring (bicyclic) bond motifs is 9. The average Bonchev–Trinajstić information content (AvgIpc) is 3.85. The highest BCUT2D eigenvalue weighted by molar-refractivity contribution is 6.09. The third-order valence-corrected chi connectivity index (χ3v) is 13.6. The lowest BCUT2D eigenvalue weighted by Gasteiger charge is -2.22. The molecule has 0 atom stereocenters. The van der Waals surface area contributed by atoms with Gasteiger partial charge < -0.3 is 4.57 Å². The van der Waals surface area contributed by atoms with Crippen LogP contribution >= 0.6 is 0 Å². The summed E-state index contributed by atoms with van der Waals surface area (Å²) in [6, 6.07) is 68.7. The van der Waals surface area contributed by atoms with Gasteiger partial charge in [0.1, 0.15) is 0 Å². The number of aromatic nitrogens is 3. The van der Waals surface area contributed by atoms with E-state index in [2.05, 4.69) is 220 Å². The molecule has 12 rings (SSSR count). The van der Waals surface area contributed by atoms with E-state index >= 15 is 0 Å². The molecule has 0 saturated heterocycles. The Morgan fingerprint density at radius 3 is 1.44 bits per heavy atom. The molecular formula is C58H43N3. The molecule has 0 saturated carbocycles. The normalized spacial score (nSPS) is 14.2. The summed E-state index contributed by atoms with van der Waals surface area (Å²) in [6.07, 6.45) is 0. The minimum Gasteiger partial charge on any atom is -0.309 e. The van der Waals surface area contributed by atoms with Crippen LogP contribution in [0.5, 0.6) is 0 Å². The Balaban J connectivity index is 1.10. The first-order chi connectivity index (χ1) is 29.7. The molecule has 8 aromatic carbocycles. The van der Waals surface area contributed by atoms with Crippen molar-refractivity contribution in [3.63, 3.8) is 0 Å². The molecule has 2 heterocycles. The predicted molar refractivity (Wildman–Crippen MR) is 253 cm³/mol. The van der Waals surface area contributed by atoms with E-state index in [0.29, 0.717) is 5.82 Å². The topological polar surface area (TPSA) is 30.7 Å². The standard InChI is InChI=1S/C58H43N3/c1-57(2)48-22-12-8-18-42(48)44-28-26-37(33-50(44)57)39-30-40(32-41(31-39)61-54-24-14-10-20-46(54)47-21-11-15-25-55(47)61)56-59-52(36-16-6-5-7-17-36)35-53(60-56)38-27-29-45-43-19-9-13-23-49(43)58(3,4)51(45)34-38/h5-35H,1-4H3. The number of benzene rings is 8. The van der Waals surface area contributed by atoms with Gasteiger partial charge in [0.25, 0.3) is 0 Å². The van der Waals surface area contributed by atoms with E-state index in [1.165, 1.54) is 71.9 Å². The first-order valence-corrected chi connectivity index (χ1v) is 21.3. The van der Waals surface area contributed by atoms with Gasteiger partial charge >= 0.3 is 0 Å². The van der Waals surface area contributed by atoms with Crippen LogP contribution in [0.1, 0.15) is 49.9 Å².